The molecule has 0 saturated heterocycles. The maximum atomic E-state index is 5.95. The minimum absolute atomic E-state index is 0.154. The SMILES string of the molecule is COc1ccc(Cl)cc1C(OC)N(C)C. The zero-order valence-corrected chi connectivity index (χ0v) is 10.2. The highest BCUT2D eigenvalue weighted by Crippen LogP contribution is 2.30. The van der Waals surface area contributed by atoms with Gasteiger partial charge in [0.05, 0.1) is 7.11 Å². The summed E-state index contributed by atoms with van der Waals surface area (Å²) in [4.78, 5) is 1.95. The van der Waals surface area contributed by atoms with E-state index in [4.69, 9.17) is 21.1 Å². The smallest absolute Gasteiger partial charge is 0.139 e. The van der Waals surface area contributed by atoms with Crippen molar-refractivity contribution in [1.82, 2.24) is 4.90 Å². The maximum absolute atomic E-state index is 5.95. The second-order valence-corrected chi connectivity index (χ2v) is 3.87. The van der Waals surface area contributed by atoms with E-state index in [1.807, 2.05) is 31.1 Å². The van der Waals surface area contributed by atoms with E-state index >= 15 is 0 Å². The van der Waals surface area contributed by atoms with Crippen LogP contribution in [0.3, 0.4) is 0 Å². The topological polar surface area (TPSA) is 21.7 Å². The molecule has 15 heavy (non-hydrogen) atoms. The van der Waals surface area contributed by atoms with E-state index < -0.39 is 0 Å². The molecule has 3 nitrogen and oxygen atoms in total. The van der Waals surface area contributed by atoms with Gasteiger partial charge in [0.15, 0.2) is 0 Å². The Morgan fingerprint density at radius 2 is 1.93 bits per heavy atom. The van der Waals surface area contributed by atoms with E-state index in [0.29, 0.717) is 5.02 Å². The Labute approximate surface area is 95.5 Å². The average Bonchev–Trinajstić information content (AvgIpc) is 2.18. The molecule has 0 spiro atoms. The van der Waals surface area contributed by atoms with E-state index in [9.17, 15) is 0 Å². The molecule has 0 aliphatic carbocycles. The van der Waals surface area contributed by atoms with Crippen molar-refractivity contribution in [3.05, 3.63) is 28.8 Å². The summed E-state index contributed by atoms with van der Waals surface area (Å²) in [5.74, 6) is 0.778. The minimum Gasteiger partial charge on any atom is -0.496 e. The lowest BCUT2D eigenvalue weighted by Crippen LogP contribution is -2.22. The molecule has 0 aromatic heterocycles. The van der Waals surface area contributed by atoms with Gasteiger partial charge < -0.3 is 9.47 Å². The van der Waals surface area contributed by atoms with Crippen LogP contribution in [0.4, 0.5) is 0 Å². The summed E-state index contributed by atoms with van der Waals surface area (Å²) >= 11 is 5.95. The van der Waals surface area contributed by atoms with Gasteiger partial charge in [-0.15, -0.1) is 0 Å². The summed E-state index contributed by atoms with van der Waals surface area (Å²) < 4.78 is 10.7. The normalized spacial score (nSPS) is 12.9. The summed E-state index contributed by atoms with van der Waals surface area (Å²) in [6, 6.07) is 5.49. The third-order valence-electron chi connectivity index (χ3n) is 2.15. The van der Waals surface area contributed by atoms with Gasteiger partial charge in [0.25, 0.3) is 0 Å². The Balaban J connectivity index is 3.13. The van der Waals surface area contributed by atoms with Crippen LogP contribution in [0.1, 0.15) is 11.8 Å². The van der Waals surface area contributed by atoms with Crippen molar-refractivity contribution in [2.45, 2.75) is 6.23 Å². The van der Waals surface area contributed by atoms with Gasteiger partial charge in [-0.2, -0.15) is 0 Å². The first-order valence-electron chi connectivity index (χ1n) is 4.62. The van der Waals surface area contributed by atoms with Crippen molar-refractivity contribution in [3.63, 3.8) is 0 Å². The van der Waals surface area contributed by atoms with Crippen molar-refractivity contribution >= 4 is 11.6 Å². The van der Waals surface area contributed by atoms with Crippen molar-refractivity contribution in [1.29, 1.82) is 0 Å². The van der Waals surface area contributed by atoms with Gasteiger partial charge in [0.1, 0.15) is 12.0 Å². The lowest BCUT2D eigenvalue weighted by atomic mass is 10.1. The molecule has 0 saturated carbocycles. The van der Waals surface area contributed by atoms with E-state index in [1.54, 1.807) is 20.3 Å². The minimum atomic E-state index is -0.154. The Morgan fingerprint density at radius 1 is 1.27 bits per heavy atom. The molecule has 0 amide bonds. The fraction of sp³-hybridized carbons (Fsp3) is 0.455. The average molecular weight is 230 g/mol. The van der Waals surface area contributed by atoms with Crippen LogP contribution in [0, 0.1) is 0 Å². The molecule has 0 aliphatic rings. The van der Waals surface area contributed by atoms with Crippen LogP contribution in [0.5, 0.6) is 5.75 Å². The van der Waals surface area contributed by atoms with Crippen LogP contribution in [0.25, 0.3) is 0 Å². The summed E-state index contributed by atoms with van der Waals surface area (Å²) in [5, 5.41) is 0.676. The first-order valence-corrected chi connectivity index (χ1v) is 5.00. The Bertz CT molecular complexity index is 328. The number of nitrogens with zero attached hydrogens (tertiary/aromatic N) is 1. The van der Waals surface area contributed by atoms with Gasteiger partial charge in [-0.3, -0.25) is 4.90 Å². The van der Waals surface area contributed by atoms with Gasteiger partial charge in [0, 0.05) is 17.7 Å². The second-order valence-electron chi connectivity index (χ2n) is 3.44. The number of hydrogen-bond donors (Lipinski definition) is 0. The Kier molecular flexibility index (Phi) is 4.39. The monoisotopic (exact) mass is 229 g/mol. The highest BCUT2D eigenvalue weighted by Gasteiger charge is 2.17. The molecule has 1 atom stereocenters. The molecular formula is C11H16ClNO2. The largest absolute Gasteiger partial charge is 0.496 e. The van der Waals surface area contributed by atoms with E-state index in [0.717, 1.165) is 11.3 Å². The van der Waals surface area contributed by atoms with Crippen LogP contribution in [0.2, 0.25) is 5.02 Å². The number of methoxy groups -OCH3 is 2. The number of ether oxygens (including phenoxy) is 2. The molecular weight excluding hydrogens is 214 g/mol. The summed E-state index contributed by atoms with van der Waals surface area (Å²) in [7, 11) is 7.17. The van der Waals surface area contributed by atoms with Gasteiger partial charge in [0.2, 0.25) is 0 Å². The van der Waals surface area contributed by atoms with Crippen molar-refractivity contribution in [3.8, 4) is 5.75 Å². The number of rotatable bonds is 4. The molecule has 0 radical (unpaired) electrons. The first-order chi connectivity index (χ1) is 7.10. The summed E-state index contributed by atoms with van der Waals surface area (Å²) in [6.45, 7) is 0. The molecule has 1 aromatic rings. The number of hydrogen-bond acceptors (Lipinski definition) is 3. The summed E-state index contributed by atoms with van der Waals surface area (Å²) in [5.41, 5.74) is 0.928. The second kappa shape index (κ2) is 5.35. The van der Waals surface area contributed by atoms with Crippen LogP contribution < -0.4 is 4.74 Å². The van der Waals surface area contributed by atoms with Crippen molar-refractivity contribution in [2.75, 3.05) is 28.3 Å². The van der Waals surface area contributed by atoms with Crippen LogP contribution in [-0.2, 0) is 4.74 Å². The summed E-state index contributed by atoms with van der Waals surface area (Å²) in [6.07, 6.45) is -0.154. The van der Waals surface area contributed by atoms with Gasteiger partial charge in [-0.25, -0.2) is 0 Å². The molecule has 1 aromatic carbocycles. The molecule has 84 valence electrons. The third-order valence-corrected chi connectivity index (χ3v) is 2.39. The standard InChI is InChI=1S/C11H16ClNO2/c1-13(2)11(15-4)9-7-8(12)5-6-10(9)14-3/h5-7,11H,1-4H3. The Hall–Kier alpha value is -0.770. The predicted octanol–water partition coefficient (Wildman–Crippen LogP) is 2.56. The van der Waals surface area contributed by atoms with Crippen LogP contribution >= 0.6 is 11.6 Å². The molecule has 0 N–H and O–H groups in total. The zero-order valence-electron chi connectivity index (χ0n) is 9.45. The van der Waals surface area contributed by atoms with E-state index in [2.05, 4.69) is 0 Å². The lowest BCUT2D eigenvalue weighted by Gasteiger charge is -2.24. The highest BCUT2D eigenvalue weighted by molar-refractivity contribution is 6.30. The lowest BCUT2D eigenvalue weighted by molar-refractivity contribution is -0.00693. The van der Waals surface area contributed by atoms with Gasteiger partial charge >= 0.3 is 0 Å². The Morgan fingerprint density at radius 3 is 2.40 bits per heavy atom. The van der Waals surface area contributed by atoms with Crippen LogP contribution in [0.15, 0.2) is 18.2 Å². The highest BCUT2D eigenvalue weighted by atomic mass is 35.5. The van der Waals surface area contributed by atoms with E-state index in [1.165, 1.54) is 0 Å². The first kappa shape index (κ1) is 12.3. The molecule has 1 rings (SSSR count). The maximum Gasteiger partial charge on any atom is 0.139 e. The molecule has 0 fully saturated rings. The fourth-order valence-corrected chi connectivity index (χ4v) is 1.69. The van der Waals surface area contributed by atoms with Gasteiger partial charge in [-0.05, 0) is 32.3 Å². The van der Waals surface area contributed by atoms with Crippen molar-refractivity contribution in [2.24, 2.45) is 0 Å². The molecule has 0 aliphatic heterocycles. The molecule has 0 heterocycles. The molecule has 0 bridgehead atoms. The molecule has 4 heteroatoms. The third kappa shape index (κ3) is 2.84. The van der Waals surface area contributed by atoms with Crippen LogP contribution in [-0.4, -0.2) is 33.2 Å². The molecule has 1 unspecified atom stereocenters. The zero-order chi connectivity index (χ0) is 11.4. The number of halogens is 1. The van der Waals surface area contributed by atoms with E-state index in [-0.39, 0.29) is 6.23 Å². The number of benzene rings is 1. The van der Waals surface area contributed by atoms with Gasteiger partial charge in [-0.1, -0.05) is 11.6 Å². The quantitative estimate of drug-likeness (QED) is 0.741. The predicted molar refractivity (Wildman–Crippen MR) is 61.4 cm³/mol. The fourth-order valence-electron chi connectivity index (χ4n) is 1.51. The van der Waals surface area contributed by atoms with Crippen molar-refractivity contribution < 1.29 is 9.47 Å².